The number of amides is 2. The number of carbonyl (C=O) groups excluding carboxylic acids is 1. The quantitative estimate of drug-likeness (QED) is 0.664. The third-order valence-electron chi connectivity index (χ3n) is 3.24. The summed E-state index contributed by atoms with van der Waals surface area (Å²) in [5.74, 6) is 0. The van der Waals surface area contributed by atoms with Gasteiger partial charge in [0.25, 0.3) is 0 Å². The molecule has 3 nitrogen and oxygen atoms in total. The van der Waals surface area contributed by atoms with Crippen LogP contribution in [0.4, 0.5) is 42.5 Å². The number of nitrogens with one attached hydrogen (secondary N) is 2. The van der Waals surface area contributed by atoms with Gasteiger partial charge in [-0.25, -0.2) is 4.79 Å². The zero-order valence-electron chi connectivity index (χ0n) is 12.7. The Kier molecular flexibility index (Phi) is 4.96. The second-order valence-corrected chi connectivity index (χ2v) is 5.19. The highest BCUT2D eigenvalue weighted by Crippen LogP contribution is 2.37. The molecular formula is C16H12F6N2O. The fourth-order valence-corrected chi connectivity index (χ4v) is 2.02. The van der Waals surface area contributed by atoms with E-state index in [0.29, 0.717) is 23.4 Å². The molecule has 2 aromatic rings. The zero-order valence-corrected chi connectivity index (χ0v) is 12.7. The van der Waals surface area contributed by atoms with Gasteiger partial charge in [-0.3, -0.25) is 0 Å². The van der Waals surface area contributed by atoms with E-state index in [-0.39, 0.29) is 6.07 Å². The minimum Gasteiger partial charge on any atom is -0.308 e. The van der Waals surface area contributed by atoms with Gasteiger partial charge < -0.3 is 10.6 Å². The summed E-state index contributed by atoms with van der Waals surface area (Å²) in [5.41, 5.74) is -2.57. The molecule has 0 bridgehead atoms. The molecule has 0 atom stereocenters. The lowest BCUT2D eigenvalue weighted by Gasteiger charge is -2.15. The largest absolute Gasteiger partial charge is 0.416 e. The van der Waals surface area contributed by atoms with Crippen molar-refractivity contribution in [1.29, 1.82) is 0 Å². The van der Waals surface area contributed by atoms with Gasteiger partial charge in [-0.1, -0.05) is 18.2 Å². The zero-order chi connectivity index (χ0) is 18.8. The molecule has 134 valence electrons. The molecule has 0 unspecified atom stereocenters. The van der Waals surface area contributed by atoms with Gasteiger partial charge in [0, 0.05) is 11.4 Å². The lowest BCUT2D eigenvalue weighted by atomic mass is 10.1. The topological polar surface area (TPSA) is 41.1 Å². The number of hydrogen-bond donors (Lipinski definition) is 2. The highest BCUT2D eigenvalue weighted by Gasteiger charge is 2.37. The Labute approximate surface area is 138 Å². The van der Waals surface area contributed by atoms with Crippen LogP contribution in [0.3, 0.4) is 0 Å². The molecule has 0 fully saturated rings. The lowest BCUT2D eigenvalue weighted by molar-refractivity contribution is -0.143. The predicted molar refractivity (Wildman–Crippen MR) is 80.3 cm³/mol. The van der Waals surface area contributed by atoms with Crippen molar-refractivity contribution in [2.45, 2.75) is 19.3 Å². The van der Waals surface area contributed by atoms with Crippen LogP contribution in [0.1, 0.15) is 16.7 Å². The van der Waals surface area contributed by atoms with E-state index in [2.05, 4.69) is 5.32 Å². The Hall–Kier alpha value is -2.71. The predicted octanol–water partition coefficient (Wildman–Crippen LogP) is 5.68. The first-order chi connectivity index (χ1) is 11.5. The maximum absolute atomic E-state index is 12.8. The first-order valence-electron chi connectivity index (χ1n) is 6.90. The fourth-order valence-electron chi connectivity index (χ4n) is 2.02. The lowest BCUT2D eigenvalue weighted by Crippen LogP contribution is -2.21. The molecule has 0 saturated carbocycles. The Morgan fingerprint density at radius 1 is 0.840 bits per heavy atom. The Bertz CT molecular complexity index is 751. The minimum absolute atomic E-state index is 0.00950. The van der Waals surface area contributed by atoms with Crippen molar-refractivity contribution in [3.8, 4) is 0 Å². The van der Waals surface area contributed by atoms with Gasteiger partial charge in [0.05, 0.1) is 11.1 Å². The monoisotopic (exact) mass is 362 g/mol. The summed E-state index contributed by atoms with van der Waals surface area (Å²) in [7, 11) is 0. The highest BCUT2D eigenvalue weighted by atomic mass is 19.4. The maximum atomic E-state index is 12.8. The van der Waals surface area contributed by atoms with Gasteiger partial charge in [0.1, 0.15) is 0 Å². The van der Waals surface area contributed by atoms with Crippen molar-refractivity contribution >= 4 is 17.4 Å². The van der Waals surface area contributed by atoms with E-state index in [9.17, 15) is 31.1 Å². The van der Waals surface area contributed by atoms with Crippen molar-refractivity contribution in [2.75, 3.05) is 10.6 Å². The van der Waals surface area contributed by atoms with Crippen LogP contribution in [-0.2, 0) is 12.4 Å². The molecule has 2 amide bonds. The molecule has 0 radical (unpaired) electrons. The third-order valence-corrected chi connectivity index (χ3v) is 3.24. The number of halogens is 6. The van der Waals surface area contributed by atoms with Gasteiger partial charge >= 0.3 is 18.4 Å². The Morgan fingerprint density at radius 3 is 1.84 bits per heavy atom. The second kappa shape index (κ2) is 6.66. The van der Waals surface area contributed by atoms with Gasteiger partial charge in [-0.2, -0.15) is 26.3 Å². The maximum Gasteiger partial charge on any atom is 0.416 e. The second-order valence-electron chi connectivity index (χ2n) is 5.19. The van der Waals surface area contributed by atoms with Crippen LogP contribution >= 0.6 is 0 Å². The molecule has 2 N–H and O–H groups in total. The number of hydrogen-bond acceptors (Lipinski definition) is 1. The minimum atomic E-state index is -4.98. The van der Waals surface area contributed by atoms with E-state index in [1.54, 1.807) is 31.2 Å². The van der Waals surface area contributed by atoms with Crippen LogP contribution in [0.5, 0.6) is 0 Å². The van der Waals surface area contributed by atoms with E-state index >= 15 is 0 Å². The molecule has 0 saturated heterocycles. The van der Waals surface area contributed by atoms with E-state index in [0.717, 1.165) is 0 Å². The molecule has 0 aliphatic heterocycles. The summed E-state index contributed by atoms with van der Waals surface area (Å²) in [6.07, 6.45) is -9.96. The summed E-state index contributed by atoms with van der Waals surface area (Å²) in [4.78, 5) is 11.9. The van der Waals surface area contributed by atoms with Crippen molar-refractivity contribution in [3.05, 3.63) is 59.2 Å². The number of carbonyl (C=O) groups is 1. The first-order valence-corrected chi connectivity index (χ1v) is 6.90. The number of para-hydroxylation sites is 1. The SMILES string of the molecule is Cc1ccccc1NC(=O)Nc1cc(C(F)(F)F)cc(C(F)(F)F)c1. The van der Waals surface area contributed by atoms with Crippen molar-refractivity contribution in [2.24, 2.45) is 0 Å². The van der Waals surface area contributed by atoms with Gasteiger partial charge in [-0.05, 0) is 36.8 Å². The Morgan fingerprint density at radius 2 is 1.36 bits per heavy atom. The third kappa shape index (κ3) is 4.88. The average Bonchev–Trinajstić information content (AvgIpc) is 2.47. The highest BCUT2D eigenvalue weighted by molar-refractivity contribution is 6.00. The first kappa shape index (κ1) is 18.6. The van der Waals surface area contributed by atoms with E-state index in [4.69, 9.17) is 0 Å². The van der Waals surface area contributed by atoms with Crippen LogP contribution in [-0.4, -0.2) is 6.03 Å². The molecule has 0 heterocycles. The molecule has 0 spiro atoms. The molecular weight excluding hydrogens is 350 g/mol. The molecule has 2 rings (SSSR count). The van der Waals surface area contributed by atoms with E-state index < -0.39 is 35.2 Å². The summed E-state index contributed by atoms with van der Waals surface area (Å²) >= 11 is 0. The van der Waals surface area contributed by atoms with Crippen LogP contribution in [0.15, 0.2) is 42.5 Å². The number of anilines is 2. The van der Waals surface area contributed by atoms with E-state index in [1.807, 2.05) is 5.32 Å². The summed E-state index contributed by atoms with van der Waals surface area (Å²) in [6.45, 7) is 1.68. The van der Waals surface area contributed by atoms with Crippen LogP contribution in [0, 0.1) is 6.92 Å². The molecule has 0 aromatic heterocycles. The van der Waals surface area contributed by atoms with Crippen LogP contribution < -0.4 is 10.6 Å². The van der Waals surface area contributed by atoms with E-state index in [1.165, 1.54) is 0 Å². The summed E-state index contributed by atoms with van der Waals surface area (Å²) in [5, 5.41) is 4.36. The molecule has 0 aliphatic carbocycles. The van der Waals surface area contributed by atoms with Crippen molar-refractivity contribution < 1.29 is 31.1 Å². The van der Waals surface area contributed by atoms with Gasteiger partial charge in [0.2, 0.25) is 0 Å². The normalized spacial score (nSPS) is 12.0. The average molecular weight is 362 g/mol. The fraction of sp³-hybridized carbons (Fsp3) is 0.188. The van der Waals surface area contributed by atoms with Crippen molar-refractivity contribution in [1.82, 2.24) is 0 Å². The van der Waals surface area contributed by atoms with Gasteiger partial charge in [-0.15, -0.1) is 0 Å². The van der Waals surface area contributed by atoms with Crippen LogP contribution in [0.25, 0.3) is 0 Å². The standard InChI is InChI=1S/C16H12F6N2O/c1-9-4-2-3-5-13(9)24-14(25)23-12-7-10(15(17,18)19)6-11(8-12)16(20,21)22/h2-8H,1H3,(H2,23,24,25). The molecule has 9 heteroatoms. The molecule has 0 aliphatic rings. The summed E-state index contributed by atoms with van der Waals surface area (Å²) < 4.78 is 76.7. The number of urea groups is 1. The number of aryl methyl sites for hydroxylation is 1. The molecule has 25 heavy (non-hydrogen) atoms. The Balaban J connectivity index is 2.29. The number of alkyl halides is 6. The molecule has 2 aromatic carbocycles. The summed E-state index contributed by atoms with van der Waals surface area (Å²) in [6, 6.07) is 6.46. The van der Waals surface area contributed by atoms with Gasteiger partial charge in [0.15, 0.2) is 0 Å². The smallest absolute Gasteiger partial charge is 0.308 e. The number of benzene rings is 2. The van der Waals surface area contributed by atoms with Crippen LogP contribution in [0.2, 0.25) is 0 Å². The number of rotatable bonds is 2. The van der Waals surface area contributed by atoms with Crippen molar-refractivity contribution in [3.63, 3.8) is 0 Å².